The van der Waals surface area contributed by atoms with E-state index in [1.54, 1.807) is 43.5 Å². The molecule has 2 rings (SSSR count). The minimum Gasteiger partial charge on any atom is -0.496 e. The number of alkyl halides is 1. The SMILES string of the molecule is COc1ccc(Cl)cc1C(Cl)c1cccc(S(C)(=O)=O)c1. The van der Waals surface area contributed by atoms with Crippen LogP contribution in [0.4, 0.5) is 0 Å². The van der Waals surface area contributed by atoms with Gasteiger partial charge >= 0.3 is 0 Å². The second-order valence-corrected chi connectivity index (χ2v) is 7.48. The van der Waals surface area contributed by atoms with E-state index in [1.807, 2.05) is 0 Å². The van der Waals surface area contributed by atoms with Crippen LogP contribution in [-0.2, 0) is 9.84 Å². The van der Waals surface area contributed by atoms with Gasteiger partial charge in [0.05, 0.1) is 17.4 Å². The fourth-order valence-electron chi connectivity index (χ4n) is 1.99. The lowest BCUT2D eigenvalue weighted by Gasteiger charge is -2.15. The summed E-state index contributed by atoms with van der Waals surface area (Å²) in [6.07, 6.45) is 1.16. The Labute approximate surface area is 134 Å². The average molecular weight is 345 g/mol. The third-order valence-electron chi connectivity index (χ3n) is 3.04. The monoisotopic (exact) mass is 344 g/mol. The molecular formula is C15H14Cl2O3S. The quantitative estimate of drug-likeness (QED) is 0.785. The van der Waals surface area contributed by atoms with Crippen LogP contribution in [0, 0.1) is 0 Å². The van der Waals surface area contributed by atoms with Crippen LogP contribution in [0.25, 0.3) is 0 Å². The van der Waals surface area contributed by atoms with Crippen LogP contribution in [0.15, 0.2) is 47.4 Å². The molecule has 6 heteroatoms. The maximum absolute atomic E-state index is 11.6. The zero-order chi connectivity index (χ0) is 15.6. The predicted molar refractivity (Wildman–Crippen MR) is 85.3 cm³/mol. The van der Waals surface area contributed by atoms with Crippen molar-refractivity contribution in [2.75, 3.05) is 13.4 Å². The minimum atomic E-state index is -3.28. The first kappa shape index (κ1) is 16.1. The van der Waals surface area contributed by atoms with Crippen LogP contribution in [-0.4, -0.2) is 21.8 Å². The Kier molecular flexibility index (Phi) is 4.81. The molecule has 2 aromatic carbocycles. The average Bonchev–Trinajstić information content (AvgIpc) is 2.45. The van der Waals surface area contributed by atoms with Gasteiger partial charge in [-0.3, -0.25) is 0 Å². The highest BCUT2D eigenvalue weighted by atomic mass is 35.5. The van der Waals surface area contributed by atoms with Crippen LogP contribution < -0.4 is 4.74 Å². The van der Waals surface area contributed by atoms with Gasteiger partial charge in [0.25, 0.3) is 0 Å². The van der Waals surface area contributed by atoms with Crippen molar-refractivity contribution in [1.29, 1.82) is 0 Å². The summed E-state index contributed by atoms with van der Waals surface area (Å²) in [6, 6.07) is 11.7. The predicted octanol–water partition coefficient (Wildman–Crippen LogP) is 4.08. The molecule has 0 heterocycles. The van der Waals surface area contributed by atoms with Crippen molar-refractivity contribution < 1.29 is 13.2 Å². The van der Waals surface area contributed by atoms with E-state index >= 15 is 0 Å². The van der Waals surface area contributed by atoms with Gasteiger partial charge in [-0.1, -0.05) is 23.7 Å². The molecular weight excluding hydrogens is 331 g/mol. The minimum absolute atomic E-state index is 0.228. The smallest absolute Gasteiger partial charge is 0.175 e. The van der Waals surface area contributed by atoms with E-state index in [0.29, 0.717) is 21.9 Å². The van der Waals surface area contributed by atoms with Gasteiger partial charge in [0, 0.05) is 16.8 Å². The lowest BCUT2D eigenvalue weighted by molar-refractivity contribution is 0.410. The molecule has 0 bridgehead atoms. The lowest BCUT2D eigenvalue weighted by Crippen LogP contribution is -2.01. The van der Waals surface area contributed by atoms with Crippen molar-refractivity contribution in [1.82, 2.24) is 0 Å². The van der Waals surface area contributed by atoms with Gasteiger partial charge in [0.2, 0.25) is 0 Å². The first-order chi connectivity index (χ1) is 9.82. The zero-order valence-corrected chi connectivity index (χ0v) is 13.8. The summed E-state index contributed by atoms with van der Waals surface area (Å²) < 4.78 is 28.5. The number of methoxy groups -OCH3 is 1. The number of hydrogen-bond acceptors (Lipinski definition) is 3. The summed E-state index contributed by atoms with van der Waals surface area (Å²) >= 11 is 12.5. The fourth-order valence-corrected chi connectivity index (χ4v) is 3.15. The molecule has 0 fully saturated rings. The van der Waals surface area contributed by atoms with Gasteiger partial charge in [0.1, 0.15) is 5.75 Å². The highest BCUT2D eigenvalue weighted by molar-refractivity contribution is 7.90. The summed E-state index contributed by atoms with van der Waals surface area (Å²) in [5.74, 6) is 0.601. The molecule has 21 heavy (non-hydrogen) atoms. The number of benzene rings is 2. The van der Waals surface area contributed by atoms with Crippen LogP contribution >= 0.6 is 23.2 Å². The van der Waals surface area contributed by atoms with E-state index in [1.165, 1.54) is 6.07 Å². The third kappa shape index (κ3) is 3.70. The highest BCUT2D eigenvalue weighted by Gasteiger charge is 2.18. The largest absolute Gasteiger partial charge is 0.496 e. The van der Waals surface area contributed by atoms with Gasteiger partial charge < -0.3 is 4.74 Å². The molecule has 1 atom stereocenters. The molecule has 0 aliphatic carbocycles. The molecule has 0 aliphatic rings. The molecule has 0 N–H and O–H groups in total. The van der Waals surface area contributed by atoms with Crippen LogP contribution in [0.3, 0.4) is 0 Å². The molecule has 1 unspecified atom stereocenters. The Morgan fingerprint density at radius 1 is 1.14 bits per heavy atom. The van der Waals surface area contributed by atoms with Crippen molar-refractivity contribution in [3.05, 3.63) is 58.6 Å². The highest BCUT2D eigenvalue weighted by Crippen LogP contribution is 2.37. The van der Waals surface area contributed by atoms with Crippen molar-refractivity contribution in [2.24, 2.45) is 0 Å². The normalized spacial score (nSPS) is 13.0. The van der Waals surface area contributed by atoms with Crippen LogP contribution in [0.5, 0.6) is 5.75 Å². The summed E-state index contributed by atoms with van der Waals surface area (Å²) in [6.45, 7) is 0. The van der Waals surface area contributed by atoms with Crippen molar-refractivity contribution in [2.45, 2.75) is 10.3 Å². The molecule has 0 aliphatic heterocycles. The summed E-state index contributed by atoms with van der Waals surface area (Å²) in [4.78, 5) is 0.228. The van der Waals surface area contributed by atoms with Gasteiger partial charge in [-0.05, 0) is 35.9 Å². The Hall–Kier alpha value is -1.23. The third-order valence-corrected chi connectivity index (χ3v) is 4.88. The molecule has 0 saturated carbocycles. The molecule has 112 valence electrons. The molecule has 2 aromatic rings. The van der Waals surface area contributed by atoms with Crippen molar-refractivity contribution >= 4 is 33.0 Å². The maximum Gasteiger partial charge on any atom is 0.175 e. The summed E-state index contributed by atoms with van der Waals surface area (Å²) in [5, 5.41) is -0.0175. The van der Waals surface area contributed by atoms with Crippen molar-refractivity contribution in [3.8, 4) is 5.75 Å². The van der Waals surface area contributed by atoms with Gasteiger partial charge in [-0.15, -0.1) is 11.6 Å². The number of hydrogen-bond donors (Lipinski definition) is 0. The molecule has 0 saturated heterocycles. The second kappa shape index (κ2) is 6.26. The molecule has 0 radical (unpaired) electrons. The Morgan fingerprint density at radius 3 is 2.48 bits per heavy atom. The number of rotatable bonds is 4. The Morgan fingerprint density at radius 2 is 1.86 bits per heavy atom. The van der Waals surface area contributed by atoms with Crippen LogP contribution in [0.2, 0.25) is 5.02 Å². The topological polar surface area (TPSA) is 43.4 Å². The number of ether oxygens (including phenoxy) is 1. The standard InChI is InChI=1S/C15H14Cl2O3S/c1-20-14-7-6-11(16)9-13(14)15(17)10-4-3-5-12(8-10)21(2,18)19/h3-9,15H,1-2H3. The van der Waals surface area contributed by atoms with Crippen LogP contribution in [0.1, 0.15) is 16.5 Å². The maximum atomic E-state index is 11.6. The summed E-state index contributed by atoms with van der Waals surface area (Å²) in [7, 11) is -1.74. The van der Waals surface area contributed by atoms with E-state index in [-0.39, 0.29) is 4.90 Å². The summed E-state index contributed by atoms with van der Waals surface area (Å²) in [5.41, 5.74) is 1.36. The first-order valence-electron chi connectivity index (χ1n) is 6.10. The van der Waals surface area contributed by atoms with Gasteiger partial charge in [-0.2, -0.15) is 0 Å². The number of halogens is 2. The zero-order valence-electron chi connectivity index (χ0n) is 11.5. The van der Waals surface area contributed by atoms with E-state index in [2.05, 4.69) is 0 Å². The number of sulfone groups is 1. The van der Waals surface area contributed by atoms with Gasteiger partial charge in [0.15, 0.2) is 9.84 Å². The van der Waals surface area contributed by atoms with E-state index in [9.17, 15) is 8.42 Å². The molecule has 0 spiro atoms. The van der Waals surface area contributed by atoms with E-state index in [4.69, 9.17) is 27.9 Å². The molecule has 3 nitrogen and oxygen atoms in total. The van der Waals surface area contributed by atoms with E-state index < -0.39 is 15.2 Å². The van der Waals surface area contributed by atoms with E-state index in [0.717, 1.165) is 6.26 Å². The molecule has 0 amide bonds. The van der Waals surface area contributed by atoms with Gasteiger partial charge in [-0.25, -0.2) is 8.42 Å². The molecule has 0 aromatic heterocycles. The fraction of sp³-hybridized carbons (Fsp3) is 0.200. The Balaban J connectivity index is 2.50. The second-order valence-electron chi connectivity index (χ2n) is 4.59. The Bertz CT molecular complexity index is 757. The lowest BCUT2D eigenvalue weighted by atomic mass is 10.0. The first-order valence-corrected chi connectivity index (χ1v) is 8.81. The van der Waals surface area contributed by atoms with Crippen molar-refractivity contribution in [3.63, 3.8) is 0 Å².